The third-order valence-electron chi connectivity index (χ3n) is 2.87. The Kier molecular flexibility index (Phi) is 3.82. The molecule has 0 bridgehead atoms. The molecule has 1 N–H and O–H groups in total. The van der Waals surface area contributed by atoms with Gasteiger partial charge >= 0.3 is 0 Å². The molecule has 1 aliphatic heterocycles. The monoisotopic (exact) mass is 309 g/mol. The van der Waals surface area contributed by atoms with Gasteiger partial charge in [0.2, 0.25) is 10.0 Å². The second-order valence-corrected chi connectivity index (χ2v) is 10.00. The molecule has 1 aliphatic rings. The number of aryl methyl sites for hydroxylation is 1. The van der Waals surface area contributed by atoms with Gasteiger partial charge in [-0.15, -0.1) is 11.3 Å². The van der Waals surface area contributed by atoms with Crippen molar-refractivity contribution in [1.82, 2.24) is 4.72 Å². The number of hydrogen-bond donors (Lipinski definition) is 1. The first-order chi connectivity index (χ1) is 8.28. The summed E-state index contributed by atoms with van der Waals surface area (Å²) in [6.45, 7) is 2.03. The maximum Gasteiger partial charge on any atom is 0.250 e. The summed E-state index contributed by atoms with van der Waals surface area (Å²) in [5.74, 6) is 0.141. The van der Waals surface area contributed by atoms with Crippen LogP contribution in [-0.2, 0) is 19.9 Å². The van der Waals surface area contributed by atoms with Crippen molar-refractivity contribution in [2.45, 2.75) is 17.6 Å². The lowest BCUT2D eigenvalue weighted by Crippen LogP contribution is -2.29. The SMILES string of the molecule is Cc1ccc(S(=O)(=O)NC[C@@H]2CCS(=O)(=O)C2)s1. The molecule has 0 spiro atoms. The minimum absolute atomic E-state index is 0.0823. The average molecular weight is 309 g/mol. The van der Waals surface area contributed by atoms with Gasteiger partial charge in [0.15, 0.2) is 9.84 Å². The van der Waals surface area contributed by atoms with Gasteiger partial charge in [0.1, 0.15) is 4.21 Å². The smallest absolute Gasteiger partial charge is 0.229 e. The molecule has 1 saturated heterocycles. The standard InChI is InChI=1S/C10H15NO4S3/c1-8-2-3-10(16-8)18(14,15)11-6-9-4-5-17(12,13)7-9/h2-3,9,11H,4-7H2,1H3/t9-/m0/s1. The number of sulfone groups is 1. The van der Waals surface area contributed by atoms with Crippen LogP contribution in [0.2, 0.25) is 0 Å². The molecule has 0 saturated carbocycles. The minimum Gasteiger partial charge on any atom is -0.229 e. The van der Waals surface area contributed by atoms with Crippen LogP contribution in [0, 0.1) is 12.8 Å². The van der Waals surface area contributed by atoms with Gasteiger partial charge in [-0.05, 0) is 31.4 Å². The predicted molar refractivity (Wildman–Crippen MR) is 71.0 cm³/mol. The second kappa shape index (κ2) is 4.92. The summed E-state index contributed by atoms with van der Waals surface area (Å²) >= 11 is 1.21. The lowest BCUT2D eigenvalue weighted by atomic mass is 10.1. The van der Waals surface area contributed by atoms with Crippen LogP contribution in [0.4, 0.5) is 0 Å². The zero-order valence-corrected chi connectivity index (χ0v) is 12.4. The maximum absolute atomic E-state index is 11.9. The van der Waals surface area contributed by atoms with Crippen molar-refractivity contribution in [3.8, 4) is 0 Å². The van der Waals surface area contributed by atoms with E-state index in [-0.39, 0.29) is 28.2 Å². The Balaban J connectivity index is 1.98. The molecule has 2 rings (SSSR count). The van der Waals surface area contributed by atoms with Gasteiger partial charge in [0.05, 0.1) is 11.5 Å². The van der Waals surface area contributed by atoms with E-state index in [0.29, 0.717) is 6.42 Å². The van der Waals surface area contributed by atoms with E-state index in [0.717, 1.165) is 4.88 Å². The quantitative estimate of drug-likeness (QED) is 0.891. The summed E-state index contributed by atoms with van der Waals surface area (Å²) in [7, 11) is -6.45. The topological polar surface area (TPSA) is 80.3 Å². The van der Waals surface area contributed by atoms with E-state index >= 15 is 0 Å². The molecule has 0 radical (unpaired) electrons. The molecular formula is C10H15NO4S3. The molecule has 2 heterocycles. The van der Waals surface area contributed by atoms with Crippen molar-refractivity contribution in [2.24, 2.45) is 5.92 Å². The summed E-state index contributed by atoms with van der Waals surface area (Å²) in [5, 5.41) is 0. The lowest BCUT2D eigenvalue weighted by molar-refractivity contribution is 0.544. The molecule has 0 amide bonds. The van der Waals surface area contributed by atoms with E-state index in [1.807, 2.05) is 6.92 Å². The molecule has 0 aliphatic carbocycles. The molecule has 8 heteroatoms. The predicted octanol–water partition coefficient (Wildman–Crippen LogP) is 0.770. The van der Waals surface area contributed by atoms with Crippen LogP contribution in [0.3, 0.4) is 0 Å². The van der Waals surface area contributed by atoms with E-state index in [2.05, 4.69) is 4.72 Å². The Hall–Kier alpha value is -0.440. The molecule has 1 atom stereocenters. The van der Waals surface area contributed by atoms with E-state index < -0.39 is 19.9 Å². The van der Waals surface area contributed by atoms with Gasteiger partial charge in [-0.25, -0.2) is 21.6 Å². The summed E-state index contributed by atoms with van der Waals surface area (Å²) in [4.78, 5) is 0.929. The third-order valence-corrected chi connectivity index (χ3v) is 7.62. The van der Waals surface area contributed by atoms with Crippen molar-refractivity contribution in [3.05, 3.63) is 17.0 Å². The van der Waals surface area contributed by atoms with Crippen LogP contribution in [0.5, 0.6) is 0 Å². The van der Waals surface area contributed by atoms with Crippen molar-refractivity contribution in [2.75, 3.05) is 18.1 Å². The fourth-order valence-corrected chi connectivity index (χ4v) is 6.19. The first kappa shape index (κ1) is 14.0. The number of thiophene rings is 1. The Bertz CT molecular complexity index is 630. The van der Waals surface area contributed by atoms with Gasteiger partial charge in [-0.2, -0.15) is 0 Å². The van der Waals surface area contributed by atoms with Crippen molar-refractivity contribution >= 4 is 31.2 Å². The summed E-state index contributed by atoms with van der Waals surface area (Å²) in [6, 6.07) is 3.31. The molecular weight excluding hydrogens is 294 g/mol. The summed E-state index contributed by atoms with van der Waals surface area (Å²) in [5.41, 5.74) is 0. The largest absolute Gasteiger partial charge is 0.250 e. The zero-order valence-electron chi connectivity index (χ0n) is 9.92. The fourth-order valence-electron chi connectivity index (χ4n) is 1.89. The number of rotatable bonds is 4. The second-order valence-electron chi connectivity index (χ2n) is 4.49. The number of nitrogens with one attached hydrogen (secondary N) is 1. The van der Waals surface area contributed by atoms with E-state index in [4.69, 9.17) is 0 Å². The van der Waals surface area contributed by atoms with Gasteiger partial charge in [0.25, 0.3) is 0 Å². The van der Waals surface area contributed by atoms with Crippen LogP contribution in [0.25, 0.3) is 0 Å². The first-order valence-corrected chi connectivity index (χ1v) is 9.67. The summed E-state index contributed by atoms with van der Waals surface area (Å²) < 4.78 is 49.1. The molecule has 1 aromatic heterocycles. The van der Waals surface area contributed by atoms with Crippen molar-refractivity contribution in [3.63, 3.8) is 0 Å². The van der Waals surface area contributed by atoms with Gasteiger partial charge in [0, 0.05) is 11.4 Å². The molecule has 0 aromatic carbocycles. The highest BCUT2D eigenvalue weighted by atomic mass is 32.2. The Morgan fingerprint density at radius 2 is 2.17 bits per heavy atom. The molecule has 5 nitrogen and oxygen atoms in total. The third kappa shape index (κ3) is 3.31. The van der Waals surface area contributed by atoms with E-state index in [1.165, 1.54) is 11.3 Å². The van der Waals surface area contributed by atoms with E-state index in [1.54, 1.807) is 12.1 Å². The van der Waals surface area contributed by atoms with Gasteiger partial charge < -0.3 is 0 Å². The molecule has 0 unspecified atom stereocenters. The van der Waals surface area contributed by atoms with Gasteiger partial charge in [-0.1, -0.05) is 0 Å². The zero-order chi connectivity index (χ0) is 13.4. The van der Waals surface area contributed by atoms with Gasteiger partial charge in [-0.3, -0.25) is 0 Å². The molecule has 102 valence electrons. The Morgan fingerprint density at radius 3 is 2.67 bits per heavy atom. The van der Waals surface area contributed by atoms with Crippen molar-refractivity contribution in [1.29, 1.82) is 0 Å². The number of hydrogen-bond acceptors (Lipinski definition) is 5. The molecule has 1 fully saturated rings. The van der Waals surface area contributed by atoms with Crippen LogP contribution in [-0.4, -0.2) is 34.9 Å². The Morgan fingerprint density at radius 1 is 1.44 bits per heavy atom. The Labute approximate surface area is 111 Å². The number of sulfonamides is 1. The maximum atomic E-state index is 11.9. The summed E-state index contributed by atoms with van der Waals surface area (Å²) in [6.07, 6.45) is 0.536. The molecule has 18 heavy (non-hydrogen) atoms. The van der Waals surface area contributed by atoms with Crippen molar-refractivity contribution < 1.29 is 16.8 Å². The highest BCUT2D eigenvalue weighted by Crippen LogP contribution is 2.22. The minimum atomic E-state index is -3.49. The fraction of sp³-hybridized carbons (Fsp3) is 0.600. The highest BCUT2D eigenvalue weighted by Gasteiger charge is 2.29. The normalized spacial score (nSPS) is 23.3. The average Bonchev–Trinajstić information content (AvgIpc) is 2.82. The van der Waals surface area contributed by atoms with Crippen LogP contribution < -0.4 is 4.72 Å². The first-order valence-electron chi connectivity index (χ1n) is 5.55. The highest BCUT2D eigenvalue weighted by molar-refractivity contribution is 7.92. The lowest BCUT2D eigenvalue weighted by Gasteiger charge is -2.08. The molecule has 1 aromatic rings. The van der Waals surface area contributed by atoms with Crippen LogP contribution in [0.1, 0.15) is 11.3 Å². The van der Waals surface area contributed by atoms with Crippen LogP contribution >= 0.6 is 11.3 Å². The van der Waals surface area contributed by atoms with Crippen LogP contribution in [0.15, 0.2) is 16.3 Å². The van der Waals surface area contributed by atoms with E-state index in [9.17, 15) is 16.8 Å².